The summed E-state index contributed by atoms with van der Waals surface area (Å²) < 4.78 is 0. The van der Waals surface area contributed by atoms with E-state index in [0.717, 1.165) is 36.4 Å². The van der Waals surface area contributed by atoms with Gasteiger partial charge in [-0.3, -0.25) is 0 Å². The summed E-state index contributed by atoms with van der Waals surface area (Å²) in [5.41, 5.74) is 0.205. The molecule has 0 aromatic heterocycles. The van der Waals surface area contributed by atoms with Gasteiger partial charge in [-0.15, -0.1) is 0 Å². The van der Waals surface area contributed by atoms with Crippen LogP contribution in [0.5, 0.6) is 0 Å². The summed E-state index contributed by atoms with van der Waals surface area (Å²) >= 11 is 3.65. The number of hydrogen-bond donors (Lipinski definition) is 1. The Morgan fingerprint density at radius 1 is 1.15 bits per heavy atom. The molecule has 0 saturated heterocycles. The number of rotatable bonds is 1. The molecule has 4 fully saturated rings. The summed E-state index contributed by atoms with van der Waals surface area (Å²) in [4.78, 5) is 0. The van der Waals surface area contributed by atoms with Crippen LogP contribution >= 0.6 is 15.9 Å². The highest BCUT2D eigenvalue weighted by Crippen LogP contribution is 2.61. The van der Waals surface area contributed by atoms with E-state index in [1.54, 1.807) is 0 Å². The van der Waals surface area contributed by atoms with E-state index in [1.807, 2.05) is 0 Å². The molecule has 0 amide bonds. The first-order chi connectivity index (χ1) is 6.13. The number of alkyl halides is 1. The molecule has 0 spiro atoms. The van der Waals surface area contributed by atoms with Gasteiger partial charge < -0.3 is 5.11 Å². The minimum atomic E-state index is -0.266. The zero-order valence-corrected chi connectivity index (χ0v) is 9.52. The minimum absolute atomic E-state index is 0.266. The van der Waals surface area contributed by atoms with Crippen LogP contribution in [0.25, 0.3) is 0 Å². The zero-order chi connectivity index (χ0) is 9.10. The Hall–Kier alpha value is 0.440. The first-order valence-corrected chi connectivity index (χ1v) is 6.54. The van der Waals surface area contributed by atoms with Crippen LogP contribution in [-0.2, 0) is 0 Å². The van der Waals surface area contributed by atoms with E-state index in [4.69, 9.17) is 0 Å². The molecule has 0 unspecified atom stereocenters. The van der Waals surface area contributed by atoms with Crippen molar-refractivity contribution in [3.8, 4) is 0 Å². The summed E-state index contributed by atoms with van der Waals surface area (Å²) in [6, 6.07) is 0. The first kappa shape index (κ1) is 8.72. The Balaban J connectivity index is 1.95. The van der Waals surface area contributed by atoms with Crippen LogP contribution in [0.15, 0.2) is 0 Å². The summed E-state index contributed by atoms with van der Waals surface area (Å²) in [5.74, 6) is 1.67. The minimum Gasteiger partial charge on any atom is -0.390 e. The van der Waals surface area contributed by atoms with Gasteiger partial charge in [-0.25, -0.2) is 0 Å². The maximum atomic E-state index is 10.4. The summed E-state index contributed by atoms with van der Waals surface area (Å²) in [6.45, 7) is 0. The van der Waals surface area contributed by atoms with E-state index < -0.39 is 0 Å². The van der Waals surface area contributed by atoms with Crippen molar-refractivity contribution in [2.45, 2.75) is 44.1 Å². The molecular weight excluding hydrogens is 228 g/mol. The van der Waals surface area contributed by atoms with Crippen LogP contribution in [0, 0.1) is 17.3 Å². The molecule has 2 atom stereocenters. The lowest BCUT2D eigenvalue weighted by molar-refractivity contribution is -0.155. The molecule has 4 rings (SSSR count). The lowest BCUT2D eigenvalue weighted by Crippen LogP contribution is -2.56. The topological polar surface area (TPSA) is 20.2 Å². The predicted molar refractivity (Wildman–Crippen MR) is 55.9 cm³/mol. The highest BCUT2D eigenvalue weighted by Gasteiger charge is 2.56. The SMILES string of the molecule is OC12C[C@H]3C[C@H](C1)CC(CBr)(C3)C2. The van der Waals surface area contributed by atoms with Gasteiger partial charge in [0.25, 0.3) is 0 Å². The second kappa shape index (κ2) is 2.52. The highest BCUT2D eigenvalue weighted by molar-refractivity contribution is 9.09. The Bertz CT molecular complexity index is 224. The zero-order valence-electron chi connectivity index (χ0n) is 7.93. The monoisotopic (exact) mass is 244 g/mol. The maximum Gasteiger partial charge on any atom is 0.0658 e. The third kappa shape index (κ3) is 1.21. The van der Waals surface area contributed by atoms with Crippen molar-refractivity contribution in [1.82, 2.24) is 0 Å². The Labute approximate surface area is 88.0 Å². The quantitative estimate of drug-likeness (QED) is 0.704. The second-order valence-electron chi connectivity index (χ2n) is 5.82. The average molecular weight is 245 g/mol. The van der Waals surface area contributed by atoms with Gasteiger partial charge in [-0.2, -0.15) is 0 Å². The van der Waals surface area contributed by atoms with Gasteiger partial charge in [0.1, 0.15) is 0 Å². The van der Waals surface area contributed by atoms with E-state index >= 15 is 0 Å². The van der Waals surface area contributed by atoms with Gasteiger partial charge in [-0.05, 0) is 55.8 Å². The van der Waals surface area contributed by atoms with E-state index in [0.29, 0.717) is 5.41 Å². The molecule has 0 aromatic carbocycles. The standard InChI is InChI=1S/C11H17BrO/c12-7-10-2-8-1-9(3-10)5-11(13,4-8)6-10/h8-9,13H,1-7H2/t8-,9-,10?,11?/m0/s1. The highest BCUT2D eigenvalue weighted by atomic mass is 79.9. The van der Waals surface area contributed by atoms with Crippen molar-refractivity contribution in [1.29, 1.82) is 0 Å². The largest absolute Gasteiger partial charge is 0.390 e. The Kier molecular flexibility index (Phi) is 1.69. The molecular formula is C11H17BrO. The van der Waals surface area contributed by atoms with Gasteiger partial charge in [0.15, 0.2) is 0 Å². The number of hydrogen-bond acceptors (Lipinski definition) is 1. The fourth-order valence-corrected chi connectivity index (χ4v) is 5.21. The molecule has 0 radical (unpaired) electrons. The summed E-state index contributed by atoms with van der Waals surface area (Å²) in [6.07, 6.45) is 7.40. The number of aliphatic hydroxyl groups is 1. The molecule has 1 nitrogen and oxygen atoms in total. The van der Waals surface area contributed by atoms with Crippen LogP contribution < -0.4 is 0 Å². The van der Waals surface area contributed by atoms with Gasteiger partial charge in [0.05, 0.1) is 5.60 Å². The molecule has 0 aromatic rings. The molecule has 2 heteroatoms. The molecule has 0 aliphatic heterocycles. The van der Waals surface area contributed by atoms with E-state index in [-0.39, 0.29) is 5.60 Å². The lowest BCUT2D eigenvalue weighted by Gasteiger charge is -2.60. The van der Waals surface area contributed by atoms with Crippen LogP contribution in [-0.4, -0.2) is 16.0 Å². The molecule has 0 heterocycles. The van der Waals surface area contributed by atoms with Crippen molar-refractivity contribution >= 4 is 15.9 Å². The van der Waals surface area contributed by atoms with Crippen molar-refractivity contribution in [2.75, 3.05) is 5.33 Å². The van der Waals surface area contributed by atoms with Gasteiger partial charge >= 0.3 is 0 Å². The van der Waals surface area contributed by atoms with E-state index in [2.05, 4.69) is 15.9 Å². The third-order valence-corrected chi connectivity index (χ3v) is 5.62. The lowest BCUT2D eigenvalue weighted by atomic mass is 9.48. The predicted octanol–water partition coefficient (Wildman–Crippen LogP) is 2.71. The third-order valence-electron chi connectivity index (χ3n) is 4.43. The molecule has 74 valence electrons. The average Bonchev–Trinajstić information content (AvgIpc) is 1.99. The molecule has 1 N–H and O–H groups in total. The summed E-state index contributed by atoms with van der Waals surface area (Å²) in [7, 11) is 0. The van der Waals surface area contributed by atoms with Gasteiger partial charge in [0.2, 0.25) is 0 Å². The van der Waals surface area contributed by atoms with Gasteiger partial charge in [-0.1, -0.05) is 15.9 Å². The van der Waals surface area contributed by atoms with Crippen LogP contribution in [0.3, 0.4) is 0 Å². The Morgan fingerprint density at radius 2 is 1.77 bits per heavy atom. The smallest absolute Gasteiger partial charge is 0.0658 e. The first-order valence-electron chi connectivity index (χ1n) is 5.42. The molecule has 4 bridgehead atoms. The van der Waals surface area contributed by atoms with Crippen molar-refractivity contribution in [3.63, 3.8) is 0 Å². The maximum absolute atomic E-state index is 10.4. The van der Waals surface area contributed by atoms with Crippen LogP contribution in [0.2, 0.25) is 0 Å². The Morgan fingerprint density at radius 3 is 2.23 bits per heavy atom. The van der Waals surface area contributed by atoms with Crippen molar-refractivity contribution in [3.05, 3.63) is 0 Å². The second-order valence-corrected chi connectivity index (χ2v) is 6.38. The number of halogens is 1. The fraction of sp³-hybridized carbons (Fsp3) is 1.00. The molecule has 4 aliphatic carbocycles. The van der Waals surface area contributed by atoms with Crippen molar-refractivity contribution < 1.29 is 5.11 Å². The molecule has 4 aliphatic rings. The fourth-order valence-electron chi connectivity index (χ4n) is 4.56. The van der Waals surface area contributed by atoms with Crippen LogP contribution in [0.4, 0.5) is 0 Å². The molecule has 13 heavy (non-hydrogen) atoms. The molecule has 4 saturated carbocycles. The summed E-state index contributed by atoms with van der Waals surface area (Å²) in [5, 5.41) is 11.5. The van der Waals surface area contributed by atoms with E-state index in [1.165, 1.54) is 19.3 Å². The van der Waals surface area contributed by atoms with Crippen molar-refractivity contribution in [2.24, 2.45) is 17.3 Å². The van der Waals surface area contributed by atoms with Gasteiger partial charge in [0, 0.05) is 5.33 Å². The van der Waals surface area contributed by atoms with E-state index in [9.17, 15) is 5.11 Å². The normalized spacial score (nSPS) is 58.6. The van der Waals surface area contributed by atoms with Crippen LogP contribution in [0.1, 0.15) is 38.5 Å².